The van der Waals surface area contributed by atoms with Crippen molar-refractivity contribution in [1.29, 1.82) is 0 Å². The van der Waals surface area contributed by atoms with E-state index >= 15 is 0 Å². The van der Waals surface area contributed by atoms with Crippen molar-refractivity contribution in [3.8, 4) is 5.75 Å². The Morgan fingerprint density at radius 3 is 2.06 bits per heavy atom. The number of nitrogens with zero attached hydrogens (tertiary/aromatic N) is 1. The molecule has 1 heterocycles. The highest BCUT2D eigenvalue weighted by Crippen LogP contribution is 2.65. The van der Waals surface area contributed by atoms with Crippen molar-refractivity contribution in [2.75, 3.05) is 4.90 Å². The third-order valence-corrected chi connectivity index (χ3v) is 7.70. The minimum Gasteiger partial charge on any atom is -0.423 e. The van der Waals surface area contributed by atoms with Crippen molar-refractivity contribution < 1.29 is 19.1 Å². The molecule has 1 aliphatic heterocycles. The molecule has 3 fully saturated rings. The first kappa shape index (κ1) is 19.5. The molecule has 5 heteroatoms. The van der Waals surface area contributed by atoms with E-state index in [0.29, 0.717) is 28.8 Å². The van der Waals surface area contributed by atoms with Crippen LogP contribution in [0.3, 0.4) is 0 Å². The van der Waals surface area contributed by atoms with Gasteiger partial charge in [0, 0.05) is 0 Å². The topological polar surface area (TPSA) is 63.7 Å². The summed E-state index contributed by atoms with van der Waals surface area (Å²) in [7, 11) is 0. The zero-order valence-electron chi connectivity index (χ0n) is 17.9. The Balaban J connectivity index is 1.18. The van der Waals surface area contributed by atoms with Gasteiger partial charge in [-0.15, -0.1) is 0 Å². The lowest BCUT2D eigenvalue weighted by atomic mass is 9.63. The molecule has 0 aromatic heterocycles. The van der Waals surface area contributed by atoms with Crippen LogP contribution in [-0.2, 0) is 16.0 Å². The number of esters is 1. The van der Waals surface area contributed by atoms with Crippen LogP contribution >= 0.6 is 0 Å². The van der Waals surface area contributed by atoms with E-state index in [4.69, 9.17) is 4.74 Å². The van der Waals surface area contributed by atoms with Gasteiger partial charge < -0.3 is 4.74 Å². The summed E-state index contributed by atoms with van der Waals surface area (Å²) in [4.78, 5) is 40.3. The molecule has 0 N–H and O–H groups in total. The third kappa shape index (κ3) is 2.87. The summed E-state index contributed by atoms with van der Waals surface area (Å²) in [5.74, 6) is 0.975. The van der Waals surface area contributed by atoms with Gasteiger partial charge in [-0.05, 0) is 78.5 Å². The van der Waals surface area contributed by atoms with Crippen molar-refractivity contribution >= 4 is 23.5 Å². The van der Waals surface area contributed by atoms with Crippen LogP contribution in [0.5, 0.6) is 5.75 Å². The van der Waals surface area contributed by atoms with Crippen molar-refractivity contribution in [2.24, 2.45) is 35.5 Å². The summed E-state index contributed by atoms with van der Waals surface area (Å²) >= 11 is 0. The average Bonchev–Trinajstić information content (AvgIpc) is 3.59. The molecular formula is C27H25NO4. The Kier molecular flexibility index (Phi) is 4.36. The molecule has 0 unspecified atom stereocenters. The maximum absolute atomic E-state index is 13.2. The van der Waals surface area contributed by atoms with Crippen LogP contribution in [0.4, 0.5) is 5.69 Å². The first-order valence-electron chi connectivity index (χ1n) is 11.5. The van der Waals surface area contributed by atoms with Gasteiger partial charge in [-0.25, -0.2) is 4.79 Å². The number of amides is 2. The fraction of sp³-hybridized carbons (Fsp3) is 0.370. The molecule has 2 saturated carbocycles. The van der Waals surface area contributed by atoms with Crippen molar-refractivity contribution in [3.63, 3.8) is 0 Å². The Bertz CT molecular complexity index is 1100. The van der Waals surface area contributed by atoms with E-state index < -0.39 is 5.97 Å². The minimum absolute atomic E-state index is 0.0906. The summed E-state index contributed by atoms with van der Waals surface area (Å²) < 4.78 is 5.48. The number of rotatable bonds is 5. The zero-order chi connectivity index (χ0) is 22.0. The third-order valence-electron chi connectivity index (χ3n) is 7.70. The van der Waals surface area contributed by atoms with Crippen LogP contribution < -0.4 is 9.64 Å². The summed E-state index contributed by atoms with van der Waals surface area (Å²) in [6.45, 7) is 2.12. The predicted molar refractivity (Wildman–Crippen MR) is 119 cm³/mol. The maximum atomic E-state index is 13.2. The maximum Gasteiger partial charge on any atom is 0.343 e. The second-order valence-electron chi connectivity index (χ2n) is 9.50. The van der Waals surface area contributed by atoms with E-state index in [1.54, 1.807) is 36.4 Å². The predicted octanol–water partition coefficient (Wildman–Crippen LogP) is 4.42. The lowest BCUT2D eigenvalue weighted by Crippen LogP contribution is -2.40. The molecule has 2 aromatic carbocycles. The van der Waals surface area contributed by atoms with E-state index in [2.05, 4.69) is 19.1 Å². The lowest BCUT2D eigenvalue weighted by Gasteiger charge is -2.37. The largest absolute Gasteiger partial charge is 0.423 e. The van der Waals surface area contributed by atoms with Crippen LogP contribution in [0.2, 0.25) is 0 Å². The van der Waals surface area contributed by atoms with E-state index in [1.807, 2.05) is 12.1 Å². The number of benzene rings is 2. The first-order valence-corrected chi connectivity index (χ1v) is 11.5. The second kappa shape index (κ2) is 7.16. The second-order valence-corrected chi connectivity index (χ2v) is 9.50. The highest BCUT2D eigenvalue weighted by molar-refractivity contribution is 6.22. The van der Waals surface area contributed by atoms with E-state index in [9.17, 15) is 14.4 Å². The number of hydrogen-bond donors (Lipinski definition) is 0. The van der Waals surface area contributed by atoms with Gasteiger partial charge >= 0.3 is 5.97 Å². The Hall–Kier alpha value is -3.21. The fourth-order valence-corrected chi connectivity index (χ4v) is 6.14. The van der Waals surface area contributed by atoms with Gasteiger partial charge in [-0.1, -0.05) is 37.6 Å². The molecular weight excluding hydrogens is 402 g/mol. The SMILES string of the molecule is CCCc1ccc(OC(=O)c2ccc(N3C(=O)[C@H]4[C@@H]5C=C[C@@H]([C@H]6C[C@H]56)[C@@H]4C3=O)cc2)cc1. The number of carbonyl (C=O) groups excluding carboxylic acids is 3. The molecule has 2 aromatic rings. The number of aryl methyl sites for hydroxylation is 1. The van der Waals surface area contributed by atoms with Gasteiger partial charge in [0.1, 0.15) is 5.75 Å². The number of hydrogen-bond acceptors (Lipinski definition) is 4. The minimum atomic E-state index is -0.463. The number of allylic oxidation sites excluding steroid dienone is 2. The number of ether oxygens (including phenoxy) is 1. The monoisotopic (exact) mass is 427 g/mol. The molecule has 1 saturated heterocycles. The molecule has 2 bridgehead atoms. The quantitative estimate of drug-likeness (QED) is 0.307. The van der Waals surface area contributed by atoms with Gasteiger partial charge in [-0.2, -0.15) is 0 Å². The standard InChI is InChI=1S/C27H25NO4/c1-2-3-15-4-10-18(11-5-15)32-27(31)16-6-8-17(9-7-16)28-25(29)23-19-12-13-20(22-14-21(19)22)24(23)26(28)30/h4-13,19-24H,2-3,14H2,1H3/t19-,20+,21-,22-,23+,24+/m1/s1. The summed E-state index contributed by atoms with van der Waals surface area (Å²) in [6.07, 6.45) is 7.54. The normalized spacial score (nSPS) is 31.5. The van der Waals surface area contributed by atoms with Crippen molar-refractivity contribution in [1.82, 2.24) is 0 Å². The number of carbonyl (C=O) groups is 3. The number of imide groups is 1. The zero-order valence-corrected chi connectivity index (χ0v) is 17.9. The Morgan fingerprint density at radius 1 is 0.906 bits per heavy atom. The van der Waals surface area contributed by atoms with Crippen LogP contribution in [0.15, 0.2) is 60.7 Å². The Labute approximate surface area is 187 Å². The molecule has 32 heavy (non-hydrogen) atoms. The van der Waals surface area contributed by atoms with Crippen molar-refractivity contribution in [3.05, 3.63) is 71.8 Å². The van der Waals surface area contributed by atoms with Crippen molar-refractivity contribution in [2.45, 2.75) is 26.2 Å². The van der Waals surface area contributed by atoms with Gasteiger partial charge in [0.15, 0.2) is 0 Å². The van der Waals surface area contributed by atoms with E-state index in [-0.39, 0.29) is 35.5 Å². The molecule has 0 radical (unpaired) electrons. The molecule has 4 aliphatic carbocycles. The molecule has 6 atom stereocenters. The van der Waals surface area contributed by atoms with Crippen LogP contribution in [-0.4, -0.2) is 17.8 Å². The average molecular weight is 428 g/mol. The molecule has 162 valence electrons. The van der Waals surface area contributed by atoms with Gasteiger partial charge in [0.25, 0.3) is 0 Å². The van der Waals surface area contributed by atoms with Gasteiger partial charge in [-0.3, -0.25) is 14.5 Å². The van der Waals surface area contributed by atoms with Crippen LogP contribution in [0.25, 0.3) is 0 Å². The molecule has 0 spiro atoms. The first-order chi connectivity index (χ1) is 15.6. The highest BCUT2D eigenvalue weighted by Gasteiger charge is 2.67. The molecule has 2 amide bonds. The number of anilines is 1. The molecule has 7 rings (SSSR count). The summed E-state index contributed by atoms with van der Waals surface area (Å²) in [6, 6.07) is 14.1. The van der Waals surface area contributed by atoms with Gasteiger partial charge in [0.05, 0.1) is 23.1 Å². The summed E-state index contributed by atoms with van der Waals surface area (Å²) in [5.41, 5.74) is 2.12. The van der Waals surface area contributed by atoms with E-state index in [1.165, 1.54) is 10.5 Å². The smallest absolute Gasteiger partial charge is 0.343 e. The summed E-state index contributed by atoms with van der Waals surface area (Å²) in [5, 5.41) is 0. The molecule has 5 nitrogen and oxygen atoms in total. The highest BCUT2D eigenvalue weighted by atomic mass is 16.5. The van der Waals surface area contributed by atoms with E-state index in [0.717, 1.165) is 19.3 Å². The fourth-order valence-electron chi connectivity index (χ4n) is 6.14. The lowest BCUT2D eigenvalue weighted by molar-refractivity contribution is -0.124. The van der Waals surface area contributed by atoms with Gasteiger partial charge in [0.2, 0.25) is 11.8 Å². The van der Waals surface area contributed by atoms with Crippen LogP contribution in [0.1, 0.15) is 35.7 Å². The Morgan fingerprint density at radius 2 is 1.50 bits per heavy atom. The van der Waals surface area contributed by atoms with Crippen LogP contribution in [0, 0.1) is 35.5 Å². The molecule has 5 aliphatic rings.